The largest absolute Gasteiger partial charge is 0.487 e. The molecule has 4 fully saturated rings. The Balaban J connectivity index is 1.10. The van der Waals surface area contributed by atoms with Crippen molar-refractivity contribution in [1.82, 2.24) is 4.90 Å². The van der Waals surface area contributed by atoms with Gasteiger partial charge in [0.25, 0.3) is 0 Å². The Bertz CT molecular complexity index is 738. The second-order valence-corrected chi connectivity index (χ2v) is 9.79. The first kappa shape index (κ1) is 18.5. The minimum atomic E-state index is -0.297. The lowest BCUT2D eigenvalue weighted by atomic mass is 9.81. The van der Waals surface area contributed by atoms with E-state index in [-0.39, 0.29) is 11.4 Å². The van der Waals surface area contributed by atoms with Gasteiger partial charge in [-0.05, 0) is 62.3 Å². The number of benzene rings is 1. The molecule has 5 heteroatoms. The predicted octanol–water partition coefficient (Wildman–Crippen LogP) is 3.74. The molecule has 4 heterocycles. The minimum Gasteiger partial charge on any atom is -0.487 e. The third kappa shape index (κ3) is 3.35. The van der Waals surface area contributed by atoms with Crippen LogP contribution in [0, 0.1) is 0 Å². The van der Waals surface area contributed by atoms with E-state index in [0.717, 1.165) is 57.4 Å². The fourth-order valence-corrected chi connectivity index (χ4v) is 6.00. The quantitative estimate of drug-likeness (QED) is 0.758. The van der Waals surface area contributed by atoms with Crippen molar-refractivity contribution in [3.63, 3.8) is 0 Å². The number of nitrogens with zero attached hydrogens (tertiary/aromatic N) is 2. The van der Waals surface area contributed by atoms with Gasteiger partial charge >= 0.3 is 0 Å². The maximum atomic E-state index is 6.67. The molecule has 3 saturated heterocycles. The highest BCUT2D eigenvalue weighted by Gasteiger charge is 2.42. The van der Waals surface area contributed by atoms with E-state index in [4.69, 9.17) is 14.2 Å². The monoisotopic (exact) mass is 398 g/mol. The Morgan fingerprint density at radius 2 is 1.62 bits per heavy atom. The molecule has 1 aromatic carbocycles. The normalized spacial score (nSPS) is 28.9. The molecule has 5 nitrogen and oxygen atoms in total. The number of hydrogen-bond acceptors (Lipinski definition) is 5. The number of piperidine rings is 2. The van der Waals surface area contributed by atoms with Crippen LogP contribution in [-0.4, -0.2) is 61.7 Å². The van der Waals surface area contributed by atoms with E-state index in [1.54, 1.807) is 0 Å². The van der Waals surface area contributed by atoms with E-state index in [1.807, 2.05) is 0 Å². The van der Waals surface area contributed by atoms with Gasteiger partial charge in [0.1, 0.15) is 11.4 Å². The number of rotatable bonds is 2. The first-order chi connectivity index (χ1) is 14.2. The number of anilines is 1. The maximum Gasteiger partial charge on any atom is 0.171 e. The van der Waals surface area contributed by atoms with Crippen LogP contribution in [0.4, 0.5) is 5.69 Å². The van der Waals surface area contributed by atoms with Gasteiger partial charge in [0.05, 0.1) is 13.2 Å². The van der Waals surface area contributed by atoms with E-state index >= 15 is 0 Å². The summed E-state index contributed by atoms with van der Waals surface area (Å²) in [5, 5.41) is 0. The highest BCUT2D eigenvalue weighted by Crippen LogP contribution is 2.42. The minimum absolute atomic E-state index is 0.0867. The molecule has 0 aromatic heterocycles. The number of likely N-dealkylation sites (tertiary alicyclic amines) is 1. The van der Waals surface area contributed by atoms with Gasteiger partial charge in [-0.2, -0.15) is 0 Å². The zero-order valence-corrected chi connectivity index (χ0v) is 17.5. The second-order valence-electron chi connectivity index (χ2n) is 9.79. The molecule has 1 aromatic rings. The summed E-state index contributed by atoms with van der Waals surface area (Å²) in [6, 6.07) is 7.74. The van der Waals surface area contributed by atoms with Crippen molar-refractivity contribution in [2.45, 2.75) is 75.2 Å². The molecule has 4 aliphatic heterocycles. The third-order valence-electron chi connectivity index (χ3n) is 8.22. The average Bonchev–Trinajstić information content (AvgIpc) is 3.17. The number of fused-ring (bicyclic) bond motifs is 1. The number of hydrogen-bond donors (Lipinski definition) is 0. The number of ether oxygens (including phenoxy) is 3. The zero-order valence-electron chi connectivity index (χ0n) is 17.5. The van der Waals surface area contributed by atoms with Crippen LogP contribution in [0.25, 0.3) is 0 Å². The summed E-state index contributed by atoms with van der Waals surface area (Å²) in [6.07, 6.45) is 10.9. The molecule has 29 heavy (non-hydrogen) atoms. The van der Waals surface area contributed by atoms with E-state index in [1.165, 1.54) is 62.9 Å². The van der Waals surface area contributed by atoms with Crippen molar-refractivity contribution in [2.24, 2.45) is 0 Å². The van der Waals surface area contributed by atoms with Crippen LogP contribution in [0.3, 0.4) is 0 Å². The summed E-state index contributed by atoms with van der Waals surface area (Å²) >= 11 is 0. The van der Waals surface area contributed by atoms with E-state index < -0.39 is 0 Å². The van der Waals surface area contributed by atoms with Crippen molar-refractivity contribution >= 4 is 5.69 Å². The fraction of sp³-hybridized carbons (Fsp3) is 0.750. The van der Waals surface area contributed by atoms with Gasteiger partial charge < -0.3 is 24.0 Å². The van der Waals surface area contributed by atoms with Gasteiger partial charge in [0, 0.05) is 50.7 Å². The lowest BCUT2D eigenvalue weighted by Gasteiger charge is -2.48. The van der Waals surface area contributed by atoms with Crippen LogP contribution in [0.1, 0.15) is 56.9 Å². The van der Waals surface area contributed by atoms with Crippen molar-refractivity contribution in [2.75, 3.05) is 44.3 Å². The highest BCUT2D eigenvalue weighted by molar-refractivity contribution is 5.54. The van der Waals surface area contributed by atoms with Crippen molar-refractivity contribution in [3.8, 4) is 5.75 Å². The molecular weight excluding hydrogens is 364 g/mol. The molecule has 0 bridgehead atoms. The van der Waals surface area contributed by atoms with E-state index in [2.05, 4.69) is 28.0 Å². The Labute approximate surface area is 174 Å². The summed E-state index contributed by atoms with van der Waals surface area (Å²) in [4.78, 5) is 5.20. The molecule has 0 N–H and O–H groups in total. The van der Waals surface area contributed by atoms with Crippen LogP contribution in [-0.2, 0) is 15.9 Å². The Morgan fingerprint density at radius 3 is 2.31 bits per heavy atom. The van der Waals surface area contributed by atoms with Gasteiger partial charge in [-0.3, -0.25) is 0 Å². The van der Waals surface area contributed by atoms with Crippen LogP contribution in [0.2, 0.25) is 0 Å². The molecule has 6 rings (SSSR count). The lowest BCUT2D eigenvalue weighted by Crippen LogP contribution is -2.53. The van der Waals surface area contributed by atoms with E-state index in [9.17, 15) is 0 Å². The molecular formula is C24H34N2O3. The van der Waals surface area contributed by atoms with Crippen LogP contribution < -0.4 is 9.64 Å². The summed E-state index contributed by atoms with van der Waals surface area (Å²) in [5.74, 6) is 0.835. The van der Waals surface area contributed by atoms with Crippen LogP contribution in [0.5, 0.6) is 5.75 Å². The van der Waals surface area contributed by atoms with Gasteiger partial charge in [-0.15, -0.1) is 0 Å². The molecule has 0 amide bonds. The number of aryl methyl sites for hydroxylation is 1. The Morgan fingerprint density at radius 1 is 0.862 bits per heavy atom. The van der Waals surface area contributed by atoms with Crippen molar-refractivity contribution in [3.05, 3.63) is 23.8 Å². The van der Waals surface area contributed by atoms with Crippen LogP contribution in [0.15, 0.2) is 18.2 Å². The molecule has 0 radical (unpaired) electrons. The summed E-state index contributed by atoms with van der Waals surface area (Å²) in [6.45, 7) is 5.93. The SMILES string of the molecule is c1cc2c(cc1N1CCC3(CC1)OCCO3)CCC1(CCN(C3CCC3)CC1)O2. The van der Waals surface area contributed by atoms with Crippen molar-refractivity contribution < 1.29 is 14.2 Å². The maximum absolute atomic E-state index is 6.67. The zero-order chi connectivity index (χ0) is 19.3. The molecule has 5 aliphatic rings. The van der Waals surface area contributed by atoms with Gasteiger partial charge in [-0.25, -0.2) is 0 Å². The lowest BCUT2D eigenvalue weighted by molar-refractivity contribution is -0.169. The Kier molecular flexibility index (Phi) is 4.55. The standard InChI is InChI=1S/C24H34N2O3/c1-2-20(3-1)25-12-8-23(9-13-25)7-6-19-18-21(4-5-22(19)29-23)26-14-10-24(11-15-26)27-16-17-28-24/h4-5,18,20H,1-3,6-17H2. The molecule has 0 atom stereocenters. The first-order valence-corrected chi connectivity index (χ1v) is 11.8. The Hall–Kier alpha value is -1.30. The topological polar surface area (TPSA) is 34.2 Å². The third-order valence-corrected chi connectivity index (χ3v) is 8.22. The van der Waals surface area contributed by atoms with Gasteiger partial charge in [-0.1, -0.05) is 6.42 Å². The predicted molar refractivity (Wildman–Crippen MR) is 113 cm³/mol. The highest BCUT2D eigenvalue weighted by atomic mass is 16.7. The van der Waals surface area contributed by atoms with E-state index in [0.29, 0.717) is 0 Å². The average molecular weight is 399 g/mol. The van der Waals surface area contributed by atoms with Gasteiger partial charge in [0.15, 0.2) is 5.79 Å². The summed E-state index contributed by atoms with van der Waals surface area (Å²) in [5.41, 5.74) is 2.81. The smallest absolute Gasteiger partial charge is 0.171 e. The molecule has 2 spiro atoms. The molecule has 1 aliphatic carbocycles. The second kappa shape index (κ2) is 7.14. The fourth-order valence-electron chi connectivity index (χ4n) is 6.00. The van der Waals surface area contributed by atoms with Gasteiger partial charge in [0.2, 0.25) is 0 Å². The molecule has 158 valence electrons. The summed E-state index contributed by atoms with van der Waals surface area (Å²) < 4.78 is 18.4. The first-order valence-electron chi connectivity index (χ1n) is 11.8. The molecule has 1 saturated carbocycles. The van der Waals surface area contributed by atoms with Crippen LogP contribution >= 0.6 is 0 Å². The van der Waals surface area contributed by atoms with Crippen molar-refractivity contribution in [1.29, 1.82) is 0 Å². The summed E-state index contributed by atoms with van der Waals surface area (Å²) in [7, 11) is 0. The molecule has 0 unspecified atom stereocenters.